The summed E-state index contributed by atoms with van der Waals surface area (Å²) in [4.78, 5) is 0. The van der Waals surface area contributed by atoms with Crippen molar-refractivity contribution in [2.75, 3.05) is 6.54 Å². The number of nitrogens with one attached hydrogen (secondary N) is 1. The molecule has 0 saturated carbocycles. The van der Waals surface area contributed by atoms with Gasteiger partial charge >= 0.3 is 0 Å². The molecule has 0 aromatic heterocycles. The maximum atomic E-state index is 3.47. The van der Waals surface area contributed by atoms with E-state index in [1.807, 2.05) is 0 Å². The smallest absolute Gasteiger partial charge is 0.0224 e. The van der Waals surface area contributed by atoms with Gasteiger partial charge in [-0.15, -0.1) is 0 Å². The number of hydrogen-bond donors (Lipinski definition) is 1. The van der Waals surface area contributed by atoms with E-state index in [2.05, 4.69) is 64.2 Å². The van der Waals surface area contributed by atoms with Crippen molar-refractivity contribution < 1.29 is 0 Å². The summed E-state index contributed by atoms with van der Waals surface area (Å²) in [6, 6.07) is 4.93. The molecule has 0 aliphatic carbocycles. The Morgan fingerprint density at radius 1 is 1.18 bits per heavy atom. The van der Waals surface area contributed by atoms with Crippen LogP contribution in [0, 0.1) is 20.8 Å². The summed E-state index contributed by atoms with van der Waals surface area (Å²) in [5, 5.41) is 3.47. The first-order valence-electron chi connectivity index (χ1n) is 6.54. The average molecular weight is 231 g/mol. The predicted octanol–water partition coefficient (Wildman–Crippen LogP) is 4.01. The Balaban J connectivity index is 2.77. The van der Waals surface area contributed by atoms with Gasteiger partial charge in [0.25, 0.3) is 0 Å². The van der Waals surface area contributed by atoms with Crippen molar-refractivity contribution in [3.05, 3.63) is 40.5 Å². The molecule has 0 fully saturated rings. The summed E-state index contributed by atoms with van der Waals surface area (Å²) in [6.07, 6.45) is 5.68. The third-order valence-corrected chi connectivity index (χ3v) is 3.01. The standard InChI is InChI=1S/C16H25N/c1-6-9-17-15(5)7-8-16-13(3)10-12(2)11-14(16)4/h7-8,10-11,15,17H,6,9H2,1-5H3/b8-7+. The van der Waals surface area contributed by atoms with Crippen molar-refractivity contribution in [2.24, 2.45) is 0 Å². The minimum absolute atomic E-state index is 0.440. The zero-order valence-electron chi connectivity index (χ0n) is 11.8. The molecule has 1 aromatic carbocycles. The van der Waals surface area contributed by atoms with Crippen molar-refractivity contribution >= 4 is 6.08 Å². The van der Waals surface area contributed by atoms with Crippen LogP contribution in [0.25, 0.3) is 6.08 Å². The lowest BCUT2D eigenvalue weighted by Crippen LogP contribution is -2.24. The van der Waals surface area contributed by atoms with Crippen LogP contribution in [0.1, 0.15) is 42.5 Å². The predicted molar refractivity (Wildman–Crippen MR) is 77.4 cm³/mol. The van der Waals surface area contributed by atoms with Crippen LogP contribution in [-0.2, 0) is 0 Å². The van der Waals surface area contributed by atoms with Gasteiger partial charge < -0.3 is 5.32 Å². The summed E-state index contributed by atoms with van der Waals surface area (Å²) in [5.74, 6) is 0. The molecular weight excluding hydrogens is 206 g/mol. The molecule has 0 radical (unpaired) electrons. The zero-order valence-corrected chi connectivity index (χ0v) is 11.8. The molecule has 0 aliphatic heterocycles. The van der Waals surface area contributed by atoms with Crippen molar-refractivity contribution in [3.63, 3.8) is 0 Å². The topological polar surface area (TPSA) is 12.0 Å². The second kappa shape index (κ2) is 6.61. The lowest BCUT2D eigenvalue weighted by atomic mass is 9.99. The molecule has 1 rings (SSSR count). The van der Waals surface area contributed by atoms with Crippen LogP contribution in [0.4, 0.5) is 0 Å². The van der Waals surface area contributed by atoms with Crippen LogP contribution in [0.15, 0.2) is 18.2 Å². The first kappa shape index (κ1) is 14.0. The van der Waals surface area contributed by atoms with Gasteiger partial charge in [0.1, 0.15) is 0 Å². The average Bonchev–Trinajstić information content (AvgIpc) is 2.24. The fourth-order valence-electron chi connectivity index (χ4n) is 2.13. The number of hydrogen-bond acceptors (Lipinski definition) is 1. The van der Waals surface area contributed by atoms with E-state index in [9.17, 15) is 0 Å². The molecule has 1 unspecified atom stereocenters. The van der Waals surface area contributed by atoms with Gasteiger partial charge in [-0.25, -0.2) is 0 Å². The fraction of sp³-hybridized carbons (Fsp3) is 0.500. The third-order valence-electron chi connectivity index (χ3n) is 3.01. The second-order valence-corrected chi connectivity index (χ2v) is 4.91. The van der Waals surface area contributed by atoms with Crippen LogP contribution >= 0.6 is 0 Å². The summed E-state index contributed by atoms with van der Waals surface area (Å²) in [7, 11) is 0. The van der Waals surface area contributed by atoms with E-state index in [1.54, 1.807) is 0 Å². The Labute approximate surface area is 106 Å². The Kier molecular flexibility index (Phi) is 5.43. The second-order valence-electron chi connectivity index (χ2n) is 4.91. The van der Waals surface area contributed by atoms with Gasteiger partial charge in [-0.3, -0.25) is 0 Å². The minimum atomic E-state index is 0.440. The normalized spacial score (nSPS) is 13.2. The van der Waals surface area contributed by atoms with Crippen molar-refractivity contribution in [1.29, 1.82) is 0 Å². The molecular formula is C16H25N. The lowest BCUT2D eigenvalue weighted by Gasteiger charge is -2.10. The Hall–Kier alpha value is -1.08. The first-order valence-corrected chi connectivity index (χ1v) is 6.54. The maximum absolute atomic E-state index is 3.47. The lowest BCUT2D eigenvalue weighted by molar-refractivity contribution is 0.625. The molecule has 0 heterocycles. The van der Waals surface area contributed by atoms with E-state index in [0.717, 1.165) is 6.54 Å². The first-order chi connectivity index (χ1) is 8.04. The van der Waals surface area contributed by atoms with Crippen LogP contribution in [-0.4, -0.2) is 12.6 Å². The third kappa shape index (κ3) is 4.35. The van der Waals surface area contributed by atoms with Gasteiger partial charge in [-0.1, -0.05) is 36.8 Å². The quantitative estimate of drug-likeness (QED) is 0.807. The van der Waals surface area contributed by atoms with E-state index in [-0.39, 0.29) is 0 Å². The molecule has 1 heteroatoms. The SMILES string of the molecule is CCCNC(C)/C=C/c1c(C)cc(C)cc1C. The summed E-state index contributed by atoms with van der Waals surface area (Å²) < 4.78 is 0. The van der Waals surface area contributed by atoms with Crippen molar-refractivity contribution in [1.82, 2.24) is 5.32 Å². The number of benzene rings is 1. The van der Waals surface area contributed by atoms with Crippen LogP contribution in [0.5, 0.6) is 0 Å². The summed E-state index contributed by atoms with van der Waals surface area (Å²) >= 11 is 0. The fourth-order valence-corrected chi connectivity index (χ4v) is 2.13. The number of rotatable bonds is 5. The largest absolute Gasteiger partial charge is 0.311 e. The Morgan fingerprint density at radius 2 is 1.76 bits per heavy atom. The van der Waals surface area contributed by atoms with Gasteiger partial charge in [-0.2, -0.15) is 0 Å². The molecule has 94 valence electrons. The highest BCUT2D eigenvalue weighted by molar-refractivity contribution is 5.58. The van der Waals surface area contributed by atoms with E-state index in [4.69, 9.17) is 0 Å². The molecule has 1 nitrogen and oxygen atoms in total. The molecule has 0 bridgehead atoms. The van der Waals surface area contributed by atoms with Crippen LogP contribution in [0.3, 0.4) is 0 Å². The van der Waals surface area contributed by atoms with E-state index in [1.165, 1.54) is 28.7 Å². The van der Waals surface area contributed by atoms with Crippen molar-refractivity contribution in [3.8, 4) is 0 Å². The molecule has 1 aromatic rings. The molecule has 0 amide bonds. The molecule has 0 aliphatic rings. The molecule has 1 N–H and O–H groups in total. The minimum Gasteiger partial charge on any atom is -0.311 e. The van der Waals surface area contributed by atoms with Gasteiger partial charge in [0.15, 0.2) is 0 Å². The Morgan fingerprint density at radius 3 is 2.29 bits per heavy atom. The molecule has 1 atom stereocenters. The molecule has 0 saturated heterocycles. The highest BCUT2D eigenvalue weighted by Gasteiger charge is 2.01. The maximum Gasteiger partial charge on any atom is 0.0224 e. The van der Waals surface area contributed by atoms with Crippen LogP contribution < -0.4 is 5.32 Å². The highest BCUT2D eigenvalue weighted by atomic mass is 14.9. The molecule has 0 spiro atoms. The summed E-state index contributed by atoms with van der Waals surface area (Å²) in [5.41, 5.74) is 5.43. The van der Waals surface area contributed by atoms with Crippen LogP contribution in [0.2, 0.25) is 0 Å². The van der Waals surface area contributed by atoms with Crippen molar-refractivity contribution in [2.45, 2.75) is 47.1 Å². The Bertz CT molecular complexity index is 368. The molecule has 17 heavy (non-hydrogen) atoms. The van der Waals surface area contributed by atoms with Gasteiger partial charge in [0.05, 0.1) is 0 Å². The van der Waals surface area contributed by atoms with E-state index in [0.29, 0.717) is 6.04 Å². The zero-order chi connectivity index (χ0) is 12.8. The monoisotopic (exact) mass is 231 g/mol. The van der Waals surface area contributed by atoms with Gasteiger partial charge in [0.2, 0.25) is 0 Å². The number of aryl methyl sites for hydroxylation is 3. The highest BCUT2D eigenvalue weighted by Crippen LogP contribution is 2.17. The van der Waals surface area contributed by atoms with E-state index >= 15 is 0 Å². The van der Waals surface area contributed by atoms with Gasteiger partial charge in [-0.05, 0) is 57.4 Å². The van der Waals surface area contributed by atoms with E-state index < -0.39 is 0 Å². The summed E-state index contributed by atoms with van der Waals surface area (Å²) in [6.45, 7) is 12.0. The van der Waals surface area contributed by atoms with Gasteiger partial charge in [0, 0.05) is 6.04 Å².